The van der Waals surface area contributed by atoms with E-state index in [9.17, 15) is 4.79 Å². The molecule has 3 aliphatic rings. The maximum Gasteiger partial charge on any atom is 0.281 e. The highest BCUT2D eigenvalue weighted by molar-refractivity contribution is 6.07. The van der Waals surface area contributed by atoms with Crippen molar-refractivity contribution in [3.05, 3.63) is 53.5 Å². The summed E-state index contributed by atoms with van der Waals surface area (Å²) in [4.78, 5) is 26.1. The molecule has 2 aliphatic heterocycles. The topological polar surface area (TPSA) is 128 Å². The molecule has 0 radical (unpaired) electrons. The second kappa shape index (κ2) is 8.23. The molecule has 1 fully saturated rings. The number of methoxy groups -OCH3 is 1. The number of piperidine rings is 1. The molecule has 3 aromatic rings. The monoisotopic (exact) mass is 474 g/mol. The third-order valence-corrected chi connectivity index (χ3v) is 7.93. The number of anilines is 3. The van der Waals surface area contributed by atoms with Crippen LogP contribution in [0.5, 0.6) is 5.75 Å². The van der Waals surface area contributed by atoms with E-state index >= 15 is 0 Å². The first-order valence-corrected chi connectivity index (χ1v) is 12.1. The Bertz CT molecular complexity index is 1280. The van der Waals surface area contributed by atoms with Gasteiger partial charge in [-0.1, -0.05) is 6.07 Å². The molecule has 182 valence electrons. The molecule has 4 heterocycles. The van der Waals surface area contributed by atoms with Gasteiger partial charge in [0.2, 0.25) is 0 Å². The van der Waals surface area contributed by atoms with Crippen molar-refractivity contribution < 1.29 is 9.53 Å². The van der Waals surface area contributed by atoms with E-state index < -0.39 is 0 Å². The molecule has 35 heavy (non-hydrogen) atoms. The molecule has 0 bridgehead atoms. The molecule has 10 heteroatoms. The lowest BCUT2D eigenvalue weighted by Gasteiger charge is -2.42. The van der Waals surface area contributed by atoms with Crippen molar-refractivity contribution in [2.45, 2.75) is 38.3 Å². The van der Waals surface area contributed by atoms with E-state index in [2.05, 4.69) is 32.1 Å². The predicted octanol–water partition coefficient (Wildman–Crippen LogP) is 2.16. The molecule has 1 aliphatic carbocycles. The lowest BCUT2D eigenvalue weighted by Crippen LogP contribution is -2.44. The Kier molecular flexibility index (Phi) is 5.14. The average molecular weight is 475 g/mol. The van der Waals surface area contributed by atoms with E-state index in [1.807, 2.05) is 16.8 Å². The number of nitrogens with zero attached hydrogens (tertiary/aromatic N) is 6. The highest BCUT2D eigenvalue weighted by Crippen LogP contribution is 2.51. The summed E-state index contributed by atoms with van der Waals surface area (Å²) < 4.78 is 7.23. The third kappa shape index (κ3) is 3.51. The minimum absolute atomic E-state index is 0.0136. The summed E-state index contributed by atoms with van der Waals surface area (Å²) in [6.45, 7) is 3.03. The van der Waals surface area contributed by atoms with Crippen molar-refractivity contribution in [2.75, 3.05) is 42.3 Å². The van der Waals surface area contributed by atoms with Crippen molar-refractivity contribution in [1.29, 1.82) is 0 Å². The van der Waals surface area contributed by atoms with Crippen LogP contribution in [0.4, 0.5) is 17.5 Å². The SMILES string of the molecule is COc1ccc2c(c1)CC1(CCN(c3cnc(C(=O)N4CCCn5nccc54)c(N)n3)CC1)[C@@H]2N. The van der Waals surface area contributed by atoms with Gasteiger partial charge in [-0.15, -0.1) is 0 Å². The van der Waals surface area contributed by atoms with E-state index in [4.69, 9.17) is 16.2 Å². The van der Waals surface area contributed by atoms with E-state index in [1.165, 1.54) is 11.1 Å². The van der Waals surface area contributed by atoms with Gasteiger partial charge >= 0.3 is 0 Å². The van der Waals surface area contributed by atoms with Gasteiger partial charge in [-0.3, -0.25) is 9.69 Å². The molecule has 1 spiro atoms. The van der Waals surface area contributed by atoms with Gasteiger partial charge in [-0.25, -0.2) is 14.6 Å². The van der Waals surface area contributed by atoms with Gasteiger partial charge < -0.3 is 21.1 Å². The Labute approximate surface area is 203 Å². The van der Waals surface area contributed by atoms with Crippen LogP contribution in [-0.4, -0.2) is 52.4 Å². The summed E-state index contributed by atoms with van der Waals surface area (Å²) in [7, 11) is 1.69. The molecule has 0 saturated carbocycles. The minimum atomic E-state index is -0.245. The summed E-state index contributed by atoms with van der Waals surface area (Å²) in [6.07, 6.45) is 7.06. The van der Waals surface area contributed by atoms with Crippen LogP contribution >= 0.6 is 0 Å². The van der Waals surface area contributed by atoms with Gasteiger partial charge in [-0.05, 0) is 54.4 Å². The van der Waals surface area contributed by atoms with Crippen LogP contribution in [0.15, 0.2) is 36.7 Å². The van der Waals surface area contributed by atoms with Crippen molar-refractivity contribution in [3.8, 4) is 5.75 Å². The maximum atomic E-state index is 13.2. The number of aryl methyl sites for hydroxylation is 1. The Morgan fingerprint density at radius 1 is 1.17 bits per heavy atom. The molecule has 1 saturated heterocycles. The largest absolute Gasteiger partial charge is 0.497 e. The van der Waals surface area contributed by atoms with Crippen LogP contribution in [0, 0.1) is 5.41 Å². The zero-order chi connectivity index (χ0) is 24.2. The molecule has 0 unspecified atom stereocenters. The van der Waals surface area contributed by atoms with E-state index in [-0.39, 0.29) is 28.9 Å². The molecule has 1 aromatic carbocycles. The zero-order valence-corrected chi connectivity index (χ0v) is 19.9. The lowest BCUT2D eigenvalue weighted by atomic mass is 9.73. The van der Waals surface area contributed by atoms with Crippen LogP contribution < -0.4 is 26.0 Å². The molecule has 6 rings (SSSR count). The fourth-order valence-electron chi connectivity index (χ4n) is 5.92. The Morgan fingerprint density at radius 3 is 2.77 bits per heavy atom. The fourth-order valence-corrected chi connectivity index (χ4v) is 5.92. The van der Waals surface area contributed by atoms with Crippen LogP contribution in [0.1, 0.15) is 46.9 Å². The zero-order valence-electron chi connectivity index (χ0n) is 19.9. The van der Waals surface area contributed by atoms with Crippen LogP contribution in [0.25, 0.3) is 0 Å². The van der Waals surface area contributed by atoms with Gasteiger partial charge in [0, 0.05) is 38.3 Å². The molecular formula is C25H30N8O2. The Balaban J connectivity index is 1.17. The van der Waals surface area contributed by atoms with Crippen LogP contribution in [0.2, 0.25) is 0 Å². The highest BCUT2D eigenvalue weighted by atomic mass is 16.5. The van der Waals surface area contributed by atoms with Crippen molar-refractivity contribution in [3.63, 3.8) is 0 Å². The molecule has 1 atom stereocenters. The van der Waals surface area contributed by atoms with Crippen molar-refractivity contribution in [2.24, 2.45) is 11.1 Å². The number of aromatic nitrogens is 4. The first kappa shape index (κ1) is 21.8. The third-order valence-electron chi connectivity index (χ3n) is 7.93. The maximum absolute atomic E-state index is 13.2. The van der Waals surface area contributed by atoms with Crippen LogP contribution in [0.3, 0.4) is 0 Å². The quantitative estimate of drug-likeness (QED) is 0.591. The summed E-state index contributed by atoms with van der Waals surface area (Å²) in [5.41, 5.74) is 15.7. The van der Waals surface area contributed by atoms with E-state index in [0.29, 0.717) is 12.4 Å². The molecule has 10 nitrogen and oxygen atoms in total. The first-order chi connectivity index (χ1) is 17.0. The Morgan fingerprint density at radius 2 is 2.00 bits per heavy atom. The second-order valence-electron chi connectivity index (χ2n) is 9.75. The smallest absolute Gasteiger partial charge is 0.281 e. The Hall–Kier alpha value is -3.66. The van der Waals surface area contributed by atoms with E-state index in [1.54, 1.807) is 24.4 Å². The van der Waals surface area contributed by atoms with Gasteiger partial charge in [-0.2, -0.15) is 5.10 Å². The standard InChI is InChI=1S/C25H30N8O2/c1-35-17-3-4-18-16(13-17)14-25(22(18)26)6-11-31(12-7-25)19-15-28-21(23(27)30-19)24(34)32-9-2-10-33-20(32)5-8-29-33/h3-5,8,13,15,22H,2,6-7,9-12,14,26H2,1H3,(H2,27,30)/t22-/m1/s1. The van der Waals surface area contributed by atoms with Gasteiger partial charge in [0.1, 0.15) is 17.4 Å². The minimum Gasteiger partial charge on any atom is -0.497 e. The number of ether oxygens (including phenoxy) is 1. The van der Waals surface area contributed by atoms with Crippen LogP contribution in [-0.2, 0) is 13.0 Å². The van der Waals surface area contributed by atoms with Gasteiger partial charge in [0.25, 0.3) is 5.91 Å². The number of benzene rings is 1. The van der Waals surface area contributed by atoms with Gasteiger partial charge in [0.15, 0.2) is 11.5 Å². The van der Waals surface area contributed by atoms with Gasteiger partial charge in [0.05, 0.1) is 19.5 Å². The first-order valence-electron chi connectivity index (χ1n) is 12.1. The number of nitrogens with two attached hydrogens (primary N) is 2. The summed E-state index contributed by atoms with van der Waals surface area (Å²) in [5.74, 6) is 2.25. The summed E-state index contributed by atoms with van der Waals surface area (Å²) >= 11 is 0. The molecular weight excluding hydrogens is 444 g/mol. The highest BCUT2D eigenvalue weighted by Gasteiger charge is 2.46. The number of nitrogen functional groups attached to an aromatic ring is 1. The molecule has 4 N–H and O–H groups in total. The lowest BCUT2D eigenvalue weighted by molar-refractivity contribution is 0.0977. The number of amides is 1. The fraction of sp³-hybridized carbons (Fsp3) is 0.440. The van der Waals surface area contributed by atoms with Crippen molar-refractivity contribution >= 4 is 23.4 Å². The number of rotatable bonds is 3. The second-order valence-corrected chi connectivity index (χ2v) is 9.75. The number of hydrogen-bond donors (Lipinski definition) is 2. The number of fused-ring (bicyclic) bond motifs is 2. The predicted molar refractivity (Wildman–Crippen MR) is 132 cm³/mol. The normalized spacial score (nSPS) is 20.6. The number of hydrogen-bond acceptors (Lipinski definition) is 8. The summed E-state index contributed by atoms with van der Waals surface area (Å²) in [5, 5.41) is 4.27. The van der Waals surface area contributed by atoms with E-state index in [0.717, 1.165) is 56.9 Å². The number of carbonyl (C=O) groups is 1. The molecule has 1 amide bonds. The number of carbonyl (C=O) groups excluding carboxylic acids is 1. The van der Waals surface area contributed by atoms with Crippen molar-refractivity contribution in [1.82, 2.24) is 19.7 Å². The summed E-state index contributed by atoms with van der Waals surface area (Å²) in [6, 6.07) is 8.07. The molecule has 2 aromatic heterocycles. The average Bonchev–Trinajstić information content (AvgIpc) is 3.46.